The molecule has 3 N–H and O–H groups in total. The van der Waals surface area contributed by atoms with E-state index in [4.69, 9.17) is 5.73 Å². The highest BCUT2D eigenvalue weighted by atomic mass is 32.2. The Labute approximate surface area is 122 Å². The van der Waals surface area contributed by atoms with Crippen molar-refractivity contribution in [2.24, 2.45) is 0 Å². The Balaban J connectivity index is 2.08. The summed E-state index contributed by atoms with van der Waals surface area (Å²) in [5.41, 5.74) is 5.61. The Hall–Kier alpha value is -2.27. The number of sulfonamides is 1. The molecule has 0 unspecified atom stereocenters. The Morgan fingerprint density at radius 1 is 1.33 bits per heavy atom. The van der Waals surface area contributed by atoms with E-state index in [-0.39, 0.29) is 24.2 Å². The molecule has 11 heteroatoms. The van der Waals surface area contributed by atoms with E-state index in [1.165, 1.54) is 20.4 Å². The maximum atomic E-state index is 11.6. The minimum absolute atomic E-state index is 0.0340. The molecule has 2 heterocycles. The van der Waals surface area contributed by atoms with Crippen LogP contribution >= 0.6 is 0 Å². The zero-order valence-corrected chi connectivity index (χ0v) is 12.4. The number of aromatic nitrogens is 5. The van der Waals surface area contributed by atoms with Crippen LogP contribution in [0.1, 0.15) is 0 Å². The number of hydrogen-bond donors (Lipinski definition) is 2. The monoisotopic (exact) mass is 312 g/mol. The van der Waals surface area contributed by atoms with Crippen LogP contribution in [-0.4, -0.2) is 63.6 Å². The second-order valence-electron chi connectivity index (χ2n) is 4.31. The van der Waals surface area contributed by atoms with Crippen LogP contribution in [0.4, 0.5) is 11.9 Å². The molecule has 0 aliphatic carbocycles. The highest BCUT2D eigenvalue weighted by Crippen LogP contribution is 2.06. The number of nitrogen functional groups attached to an aromatic ring is 1. The van der Waals surface area contributed by atoms with Crippen molar-refractivity contribution in [3.05, 3.63) is 18.7 Å². The smallest absolute Gasteiger partial charge is 0.241 e. The average molecular weight is 312 g/mol. The molecule has 0 aliphatic rings. The van der Waals surface area contributed by atoms with Crippen LogP contribution in [0.15, 0.2) is 18.7 Å². The van der Waals surface area contributed by atoms with Gasteiger partial charge in [-0.05, 0) is 0 Å². The molecule has 10 nitrogen and oxygen atoms in total. The van der Waals surface area contributed by atoms with E-state index in [2.05, 4.69) is 25.3 Å². The molecule has 0 saturated heterocycles. The number of nitrogens with two attached hydrogens (primary N) is 1. The van der Waals surface area contributed by atoms with Crippen molar-refractivity contribution in [1.82, 2.24) is 28.8 Å². The third-order valence-corrected chi connectivity index (χ3v) is 4.41. The first-order chi connectivity index (χ1) is 9.88. The van der Waals surface area contributed by atoms with E-state index >= 15 is 0 Å². The lowest BCUT2D eigenvalue weighted by Crippen LogP contribution is -2.28. The van der Waals surface area contributed by atoms with Crippen molar-refractivity contribution >= 4 is 21.9 Å². The minimum atomic E-state index is -3.28. The number of rotatable bonds is 6. The van der Waals surface area contributed by atoms with Gasteiger partial charge in [-0.25, -0.2) is 17.7 Å². The molecule has 2 aromatic heterocycles. The Morgan fingerprint density at radius 2 is 2.10 bits per heavy atom. The summed E-state index contributed by atoms with van der Waals surface area (Å²) in [4.78, 5) is 15.9. The maximum Gasteiger partial charge on any atom is 0.241 e. The Kier molecular flexibility index (Phi) is 4.33. The molecule has 2 rings (SSSR count). The summed E-state index contributed by atoms with van der Waals surface area (Å²) in [5.74, 6) is 0.469. The van der Waals surface area contributed by atoms with E-state index in [1.54, 1.807) is 17.0 Å². The van der Waals surface area contributed by atoms with Crippen LogP contribution in [0, 0.1) is 0 Å². The Bertz CT molecular complexity index is 698. The molecule has 2 aromatic rings. The number of nitrogens with zero attached hydrogens (tertiary/aromatic N) is 6. The first kappa shape index (κ1) is 15.1. The predicted molar refractivity (Wildman–Crippen MR) is 77.3 cm³/mol. The summed E-state index contributed by atoms with van der Waals surface area (Å²) in [6.45, 7) is 0.160. The molecular formula is C10H16N8O2S. The lowest BCUT2D eigenvalue weighted by Gasteiger charge is -2.12. The molecule has 0 spiro atoms. The molecule has 0 fully saturated rings. The van der Waals surface area contributed by atoms with Crippen molar-refractivity contribution in [3.63, 3.8) is 0 Å². The van der Waals surface area contributed by atoms with Crippen LogP contribution in [-0.2, 0) is 10.0 Å². The van der Waals surface area contributed by atoms with Gasteiger partial charge in [0.05, 0.1) is 5.75 Å². The van der Waals surface area contributed by atoms with Crippen molar-refractivity contribution in [1.29, 1.82) is 0 Å². The average Bonchev–Trinajstić information content (AvgIpc) is 2.91. The normalized spacial score (nSPS) is 11.8. The van der Waals surface area contributed by atoms with Crippen molar-refractivity contribution in [2.75, 3.05) is 37.4 Å². The number of nitrogens with one attached hydrogen (secondary N) is 1. The highest BCUT2D eigenvalue weighted by Gasteiger charge is 2.13. The summed E-state index contributed by atoms with van der Waals surface area (Å²) in [5, 5.41) is 2.82. The van der Waals surface area contributed by atoms with Gasteiger partial charge >= 0.3 is 0 Å². The molecular weight excluding hydrogens is 296 g/mol. The van der Waals surface area contributed by atoms with Gasteiger partial charge in [-0.3, -0.25) is 4.57 Å². The van der Waals surface area contributed by atoms with Crippen molar-refractivity contribution in [3.8, 4) is 5.95 Å². The summed E-state index contributed by atoms with van der Waals surface area (Å²) in [7, 11) is -0.319. The van der Waals surface area contributed by atoms with E-state index < -0.39 is 10.0 Å². The van der Waals surface area contributed by atoms with Gasteiger partial charge in [0.15, 0.2) is 0 Å². The van der Waals surface area contributed by atoms with E-state index in [1.807, 2.05) is 0 Å². The molecule has 0 aromatic carbocycles. The molecule has 21 heavy (non-hydrogen) atoms. The molecule has 0 amide bonds. The standard InChI is InChI=1S/C10H16N8O2S/c1-17(2)21(19,20)6-4-13-9-14-8(11)15-10(16-9)18-5-3-12-7-18/h3,5,7H,4,6H2,1-2H3,(H3,11,13,14,15,16). The third kappa shape index (κ3) is 3.86. The summed E-state index contributed by atoms with van der Waals surface area (Å²) in [6.07, 6.45) is 4.76. The number of imidazole rings is 1. The highest BCUT2D eigenvalue weighted by molar-refractivity contribution is 7.89. The molecule has 0 bridgehead atoms. The van der Waals surface area contributed by atoms with Gasteiger partial charge in [0.25, 0.3) is 0 Å². The SMILES string of the molecule is CN(C)S(=O)(=O)CCNc1nc(N)nc(-n2ccnc2)n1. The zero-order valence-electron chi connectivity index (χ0n) is 11.6. The van der Waals surface area contributed by atoms with E-state index in [0.717, 1.165) is 4.31 Å². The quantitative estimate of drug-likeness (QED) is 0.690. The van der Waals surface area contributed by atoms with Crippen LogP contribution in [0.3, 0.4) is 0 Å². The zero-order chi connectivity index (χ0) is 15.5. The molecule has 0 saturated carbocycles. The predicted octanol–water partition coefficient (Wildman–Crippen LogP) is -1.06. The number of anilines is 2. The maximum absolute atomic E-state index is 11.6. The fourth-order valence-electron chi connectivity index (χ4n) is 1.43. The molecule has 114 valence electrons. The van der Waals surface area contributed by atoms with Crippen LogP contribution in [0.25, 0.3) is 5.95 Å². The topological polar surface area (TPSA) is 132 Å². The fourth-order valence-corrected chi connectivity index (χ4v) is 2.15. The minimum Gasteiger partial charge on any atom is -0.368 e. The molecule has 0 atom stereocenters. The van der Waals surface area contributed by atoms with Crippen LogP contribution in [0.5, 0.6) is 0 Å². The third-order valence-electron chi connectivity index (χ3n) is 2.58. The molecule has 0 aliphatic heterocycles. The van der Waals surface area contributed by atoms with Crippen LogP contribution < -0.4 is 11.1 Å². The van der Waals surface area contributed by atoms with Crippen molar-refractivity contribution in [2.45, 2.75) is 0 Å². The summed E-state index contributed by atoms with van der Waals surface area (Å²) in [6, 6.07) is 0. The number of hydrogen-bond acceptors (Lipinski definition) is 8. The summed E-state index contributed by atoms with van der Waals surface area (Å²) < 4.78 is 26.0. The van der Waals surface area contributed by atoms with E-state index in [0.29, 0.717) is 5.95 Å². The largest absolute Gasteiger partial charge is 0.368 e. The second-order valence-corrected chi connectivity index (χ2v) is 6.61. The fraction of sp³-hybridized carbons (Fsp3) is 0.400. The first-order valence-corrected chi connectivity index (χ1v) is 7.63. The van der Waals surface area contributed by atoms with Gasteiger partial charge in [-0.1, -0.05) is 0 Å². The van der Waals surface area contributed by atoms with Crippen molar-refractivity contribution < 1.29 is 8.42 Å². The van der Waals surface area contributed by atoms with Gasteiger partial charge in [0, 0.05) is 33.0 Å². The van der Waals surface area contributed by atoms with Gasteiger partial charge in [-0.2, -0.15) is 15.0 Å². The lowest BCUT2D eigenvalue weighted by atomic mass is 10.7. The van der Waals surface area contributed by atoms with Gasteiger partial charge < -0.3 is 11.1 Å². The van der Waals surface area contributed by atoms with E-state index in [9.17, 15) is 8.42 Å². The Morgan fingerprint density at radius 3 is 2.71 bits per heavy atom. The van der Waals surface area contributed by atoms with Gasteiger partial charge in [-0.15, -0.1) is 0 Å². The second kappa shape index (κ2) is 6.01. The van der Waals surface area contributed by atoms with Gasteiger partial charge in [0.1, 0.15) is 6.33 Å². The first-order valence-electron chi connectivity index (χ1n) is 6.02. The van der Waals surface area contributed by atoms with Crippen LogP contribution in [0.2, 0.25) is 0 Å². The molecule has 0 radical (unpaired) electrons. The van der Waals surface area contributed by atoms with Gasteiger partial charge in [0.2, 0.25) is 27.9 Å². The summed E-state index contributed by atoms with van der Waals surface area (Å²) >= 11 is 0. The lowest BCUT2D eigenvalue weighted by molar-refractivity contribution is 0.521.